The number of sulfonamides is 1. The number of benzene rings is 2. The van der Waals surface area contributed by atoms with Crippen LogP contribution in [0.5, 0.6) is 11.5 Å². The fraction of sp³-hybridized carbons (Fsp3) is 0.435. The van der Waals surface area contributed by atoms with E-state index < -0.39 is 10.0 Å². The Kier molecular flexibility index (Phi) is 8.49. The fourth-order valence-corrected chi connectivity index (χ4v) is 4.97. The second kappa shape index (κ2) is 11.3. The summed E-state index contributed by atoms with van der Waals surface area (Å²) in [6.07, 6.45) is 2.32. The van der Waals surface area contributed by atoms with E-state index in [1.807, 2.05) is 30.3 Å². The van der Waals surface area contributed by atoms with Crippen LogP contribution in [0.15, 0.2) is 53.4 Å². The first kappa shape index (κ1) is 24.0. The number of ether oxygens (including phenoxy) is 3. The SMILES string of the molecule is COc1ccc(S(=O)(=O)N(CCc2ccccc2)CC(=O)NC[C@@H]2CCCO2)cc1OC. The summed E-state index contributed by atoms with van der Waals surface area (Å²) in [6, 6.07) is 14.0. The van der Waals surface area contributed by atoms with Crippen LogP contribution in [0.3, 0.4) is 0 Å². The molecule has 9 heteroatoms. The van der Waals surface area contributed by atoms with Gasteiger partial charge in [-0.05, 0) is 37.0 Å². The van der Waals surface area contributed by atoms with E-state index in [9.17, 15) is 13.2 Å². The quantitative estimate of drug-likeness (QED) is 0.550. The van der Waals surface area contributed by atoms with E-state index in [0.717, 1.165) is 18.4 Å². The van der Waals surface area contributed by atoms with Gasteiger partial charge in [-0.3, -0.25) is 4.79 Å². The highest BCUT2D eigenvalue weighted by atomic mass is 32.2. The molecule has 0 radical (unpaired) electrons. The fourth-order valence-electron chi connectivity index (χ4n) is 3.56. The summed E-state index contributed by atoms with van der Waals surface area (Å²) in [6.45, 7) is 0.948. The highest BCUT2D eigenvalue weighted by molar-refractivity contribution is 7.89. The third-order valence-corrected chi connectivity index (χ3v) is 7.20. The lowest BCUT2D eigenvalue weighted by molar-refractivity contribution is -0.121. The Morgan fingerprint density at radius 2 is 1.88 bits per heavy atom. The van der Waals surface area contributed by atoms with E-state index in [-0.39, 0.29) is 30.0 Å². The molecular formula is C23H30N2O6S. The Labute approximate surface area is 189 Å². The number of rotatable bonds is 11. The Bertz CT molecular complexity index is 991. The number of nitrogens with one attached hydrogen (secondary N) is 1. The molecule has 1 N–H and O–H groups in total. The minimum Gasteiger partial charge on any atom is -0.493 e. The number of methoxy groups -OCH3 is 2. The standard InChI is InChI=1S/C23H30N2O6S/c1-29-21-11-10-20(15-22(21)30-2)32(27,28)25(13-12-18-7-4-3-5-8-18)17-23(26)24-16-19-9-6-14-31-19/h3-5,7-8,10-11,15,19H,6,9,12-14,16-17H2,1-2H3,(H,24,26)/t19-/m0/s1. The average Bonchev–Trinajstić information content (AvgIpc) is 3.34. The summed E-state index contributed by atoms with van der Waals surface area (Å²) < 4.78 is 44.1. The number of carbonyl (C=O) groups excluding carboxylic acids is 1. The molecule has 1 atom stereocenters. The van der Waals surface area contributed by atoms with Gasteiger partial charge in [-0.25, -0.2) is 8.42 Å². The van der Waals surface area contributed by atoms with E-state index in [4.69, 9.17) is 14.2 Å². The van der Waals surface area contributed by atoms with Gasteiger partial charge < -0.3 is 19.5 Å². The van der Waals surface area contributed by atoms with Crippen LogP contribution in [0.1, 0.15) is 18.4 Å². The van der Waals surface area contributed by atoms with Crippen LogP contribution in [0.4, 0.5) is 0 Å². The third-order valence-electron chi connectivity index (χ3n) is 5.36. The van der Waals surface area contributed by atoms with Crippen LogP contribution in [0.25, 0.3) is 0 Å². The molecule has 1 amide bonds. The van der Waals surface area contributed by atoms with E-state index in [0.29, 0.717) is 31.1 Å². The number of carbonyl (C=O) groups is 1. The Morgan fingerprint density at radius 3 is 2.53 bits per heavy atom. The molecule has 2 aromatic carbocycles. The van der Waals surface area contributed by atoms with E-state index in [1.165, 1.54) is 30.7 Å². The lowest BCUT2D eigenvalue weighted by Crippen LogP contribution is -2.43. The molecular weight excluding hydrogens is 432 g/mol. The molecule has 32 heavy (non-hydrogen) atoms. The second-order valence-corrected chi connectivity index (χ2v) is 9.47. The van der Waals surface area contributed by atoms with Crippen molar-refractivity contribution in [3.8, 4) is 11.5 Å². The zero-order valence-corrected chi connectivity index (χ0v) is 19.3. The van der Waals surface area contributed by atoms with Gasteiger partial charge in [-0.1, -0.05) is 30.3 Å². The minimum absolute atomic E-state index is 0.0147. The second-order valence-electron chi connectivity index (χ2n) is 7.53. The summed E-state index contributed by atoms with van der Waals surface area (Å²) in [4.78, 5) is 12.6. The predicted molar refractivity (Wildman–Crippen MR) is 120 cm³/mol. The Hall–Kier alpha value is -2.62. The maximum Gasteiger partial charge on any atom is 0.243 e. The summed E-state index contributed by atoms with van der Waals surface area (Å²) in [5.74, 6) is 0.369. The van der Waals surface area contributed by atoms with Gasteiger partial charge in [0.25, 0.3) is 0 Å². The molecule has 2 aromatic rings. The lowest BCUT2D eigenvalue weighted by atomic mass is 10.1. The zero-order chi connectivity index (χ0) is 23.0. The molecule has 0 aliphatic carbocycles. The van der Waals surface area contributed by atoms with Crippen LogP contribution in [-0.4, -0.2) is 65.2 Å². The smallest absolute Gasteiger partial charge is 0.243 e. The first-order valence-electron chi connectivity index (χ1n) is 10.6. The van der Waals surface area contributed by atoms with Gasteiger partial charge in [0, 0.05) is 25.8 Å². The molecule has 1 aliphatic heterocycles. The van der Waals surface area contributed by atoms with Crippen molar-refractivity contribution < 1.29 is 27.4 Å². The van der Waals surface area contributed by atoms with E-state index >= 15 is 0 Å². The minimum atomic E-state index is -3.96. The van der Waals surface area contributed by atoms with Gasteiger partial charge in [0.1, 0.15) is 0 Å². The highest BCUT2D eigenvalue weighted by Crippen LogP contribution is 2.30. The average molecular weight is 463 g/mol. The predicted octanol–water partition coefficient (Wildman–Crippen LogP) is 2.23. The van der Waals surface area contributed by atoms with Crippen molar-refractivity contribution in [3.05, 3.63) is 54.1 Å². The number of hydrogen-bond donors (Lipinski definition) is 1. The van der Waals surface area contributed by atoms with Gasteiger partial charge >= 0.3 is 0 Å². The highest BCUT2D eigenvalue weighted by Gasteiger charge is 2.28. The number of amides is 1. The molecule has 0 spiro atoms. The van der Waals surface area contributed by atoms with Crippen molar-refractivity contribution in [3.63, 3.8) is 0 Å². The van der Waals surface area contributed by atoms with Crippen LogP contribution in [0.2, 0.25) is 0 Å². The largest absolute Gasteiger partial charge is 0.493 e. The number of nitrogens with zero attached hydrogens (tertiary/aromatic N) is 1. The lowest BCUT2D eigenvalue weighted by Gasteiger charge is -2.23. The van der Waals surface area contributed by atoms with Crippen LogP contribution >= 0.6 is 0 Å². The molecule has 3 rings (SSSR count). The van der Waals surface area contributed by atoms with Crippen molar-refractivity contribution in [1.29, 1.82) is 0 Å². The summed E-state index contributed by atoms with van der Waals surface area (Å²) in [5, 5.41) is 2.80. The first-order valence-corrected chi connectivity index (χ1v) is 12.0. The molecule has 8 nitrogen and oxygen atoms in total. The maximum atomic E-state index is 13.4. The molecule has 1 saturated heterocycles. The van der Waals surface area contributed by atoms with Crippen LogP contribution < -0.4 is 14.8 Å². The topological polar surface area (TPSA) is 94.2 Å². The van der Waals surface area contributed by atoms with Gasteiger partial charge in [-0.15, -0.1) is 0 Å². The van der Waals surface area contributed by atoms with Crippen LogP contribution in [-0.2, 0) is 26.0 Å². The summed E-state index contributed by atoms with van der Waals surface area (Å²) in [7, 11) is -1.03. The first-order chi connectivity index (χ1) is 15.4. The molecule has 0 bridgehead atoms. The molecule has 1 fully saturated rings. The molecule has 1 heterocycles. The van der Waals surface area contributed by atoms with Gasteiger partial charge in [0.15, 0.2) is 11.5 Å². The van der Waals surface area contributed by atoms with E-state index in [2.05, 4.69) is 5.32 Å². The molecule has 174 valence electrons. The van der Waals surface area contributed by atoms with Crippen LogP contribution in [0, 0.1) is 0 Å². The van der Waals surface area contributed by atoms with Gasteiger partial charge in [-0.2, -0.15) is 4.31 Å². The maximum absolute atomic E-state index is 13.4. The summed E-state index contributed by atoms with van der Waals surface area (Å²) in [5.41, 5.74) is 0.986. The number of hydrogen-bond acceptors (Lipinski definition) is 6. The van der Waals surface area contributed by atoms with Gasteiger partial charge in [0.05, 0.1) is 31.8 Å². The van der Waals surface area contributed by atoms with Crippen molar-refractivity contribution in [2.75, 3.05) is 40.5 Å². The van der Waals surface area contributed by atoms with Crippen molar-refractivity contribution >= 4 is 15.9 Å². The molecule has 0 saturated carbocycles. The molecule has 1 aliphatic rings. The van der Waals surface area contributed by atoms with Crippen molar-refractivity contribution in [2.24, 2.45) is 0 Å². The Morgan fingerprint density at radius 1 is 1.12 bits per heavy atom. The van der Waals surface area contributed by atoms with Crippen molar-refractivity contribution in [1.82, 2.24) is 9.62 Å². The third kappa shape index (κ3) is 6.21. The van der Waals surface area contributed by atoms with Crippen molar-refractivity contribution in [2.45, 2.75) is 30.3 Å². The monoisotopic (exact) mass is 462 g/mol. The van der Waals surface area contributed by atoms with E-state index in [1.54, 1.807) is 6.07 Å². The molecule has 0 unspecified atom stereocenters. The Balaban J connectivity index is 1.78. The summed E-state index contributed by atoms with van der Waals surface area (Å²) >= 11 is 0. The van der Waals surface area contributed by atoms with Gasteiger partial charge in [0.2, 0.25) is 15.9 Å². The normalized spacial score (nSPS) is 16.2. The zero-order valence-electron chi connectivity index (χ0n) is 18.5. The molecule has 0 aromatic heterocycles.